The van der Waals surface area contributed by atoms with E-state index in [9.17, 15) is 14.3 Å². The Hall–Kier alpha value is -2.59. The van der Waals surface area contributed by atoms with Crippen LogP contribution in [0.4, 0.5) is 10.2 Å². The first-order valence-corrected chi connectivity index (χ1v) is 15.4. The minimum Gasteiger partial charge on any atom is -0.480 e. The van der Waals surface area contributed by atoms with Crippen molar-refractivity contribution < 1.29 is 28.5 Å². The molecule has 2 fully saturated rings. The maximum atomic E-state index is 14.7. The van der Waals surface area contributed by atoms with Crippen LogP contribution in [0.25, 0.3) is 0 Å². The highest BCUT2D eigenvalue weighted by Gasteiger charge is 2.38. The van der Waals surface area contributed by atoms with E-state index in [1.807, 2.05) is 4.90 Å². The Balaban J connectivity index is 1.04. The first kappa shape index (κ1) is 28.5. The van der Waals surface area contributed by atoms with Crippen molar-refractivity contribution in [3.8, 4) is 0 Å². The zero-order valence-electron chi connectivity index (χ0n) is 23.8. The largest absolute Gasteiger partial charge is 0.480 e. The summed E-state index contributed by atoms with van der Waals surface area (Å²) < 4.78 is 32.6. The predicted molar refractivity (Wildman–Crippen MR) is 153 cm³/mol. The lowest BCUT2D eigenvalue weighted by Crippen LogP contribution is -2.37. The predicted octanol–water partition coefficient (Wildman–Crippen LogP) is 4.69. The van der Waals surface area contributed by atoms with Gasteiger partial charge < -0.3 is 24.6 Å². The van der Waals surface area contributed by atoms with Crippen LogP contribution in [-0.2, 0) is 44.9 Å². The lowest BCUT2D eigenvalue weighted by Gasteiger charge is -2.36. The number of carbonyl (C=O) groups is 1. The molecule has 3 atom stereocenters. The van der Waals surface area contributed by atoms with Gasteiger partial charge in [-0.3, -0.25) is 9.69 Å². The molecule has 0 radical (unpaired) electrons. The normalized spacial score (nSPS) is 23.9. The van der Waals surface area contributed by atoms with E-state index in [1.165, 1.54) is 17.7 Å². The molecule has 0 aliphatic carbocycles. The van der Waals surface area contributed by atoms with E-state index in [4.69, 9.17) is 19.2 Å². The molecular weight excluding hydrogens is 525 g/mol. The molecule has 9 heteroatoms. The molecule has 2 N–H and O–H groups in total. The number of rotatable bonds is 10. The number of aromatic nitrogens is 1. The van der Waals surface area contributed by atoms with Crippen molar-refractivity contribution in [2.45, 2.75) is 82.6 Å². The van der Waals surface area contributed by atoms with Crippen LogP contribution in [0.5, 0.6) is 0 Å². The number of carboxylic acid groups (broad SMARTS) is 1. The van der Waals surface area contributed by atoms with Crippen molar-refractivity contribution in [2.75, 3.05) is 44.8 Å². The van der Waals surface area contributed by atoms with Crippen molar-refractivity contribution in [3.05, 3.63) is 58.0 Å². The summed E-state index contributed by atoms with van der Waals surface area (Å²) in [5, 5.41) is 13.7. The topological polar surface area (TPSA) is 93.2 Å². The average molecular weight is 568 g/mol. The summed E-state index contributed by atoms with van der Waals surface area (Å²) in [4.78, 5) is 19.4. The molecule has 3 unspecified atom stereocenters. The second kappa shape index (κ2) is 13.2. The second-order valence-corrected chi connectivity index (χ2v) is 12.0. The Kier molecular flexibility index (Phi) is 9.15. The monoisotopic (exact) mass is 567 g/mol. The van der Waals surface area contributed by atoms with Crippen molar-refractivity contribution in [2.24, 2.45) is 5.92 Å². The van der Waals surface area contributed by atoms with E-state index in [1.54, 1.807) is 0 Å². The molecule has 2 saturated heterocycles. The molecule has 1 aromatic carbocycles. The van der Waals surface area contributed by atoms with Gasteiger partial charge in [0.25, 0.3) is 0 Å². The molecule has 0 bridgehead atoms. The number of nitrogens with zero attached hydrogens (tertiary/aromatic N) is 2. The Morgan fingerprint density at radius 1 is 1.20 bits per heavy atom. The van der Waals surface area contributed by atoms with E-state index in [0.29, 0.717) is 44.2 Å². The van der Waals surface area contributed by atoms with Crippen LogP contribution in [0.2, 0.25) is 0 Å². The number of carboxylic acids is 1. The summed E-state index contributed by atoms with van der Waals surface area (Å²) in [5.74, 6) is 0.0616. The van der Waals surface area contributed by atoms with Gasteiger partial charge in [-0.05, 0) is 104 Å². The minimum absolute atomic E-state index is 0.00693. The number of ether oxygens (including phenoxy) is 3. The van der Waals surface area contributed by atoms with Gasteiger partial charge in [0.05, 0.1) is 18.8 Å². The Labute approximate surface area is 241 Å². The molecule has 8 nitrogen and oxygen atoms in total. The molecule has 4 aliphatic rings. The van der Waals surface area contributed by atoms with Crippen LogP contribution in [0.3, 0.4) is 0 Å². The van der Waals surface area contributed by atoms with Crippen LogP contribution in [0, 0.1) is 11.7 Å². The van der Waals surface area contributed by atoms with Crippen LogP contribution < -0.4 is 5.32 Å². The summed E-state index contributed by atoms with van der Waals surface area (Å²) in [7, 11) is 0. The maximum Gasteiger partial charge on any atom is 0.325 e. The summed E-state index contributed by atoms with van der Waals surface area (Å²) >= 11 is 0. The third kappa shape index (κ3) is 6.74. The molecule has 0 amide bonds. The van der Waals surface area contributed by atoms with Gasteiger partial charge in [0.15, 0.2) is 0 Å². The highest BCUT2D eigenvalue weighted by Crippen LogP contribution is 2.37. The number of aryl methyl sites for hydroxylation is 2. The summed E-state index contributed by atoms with van der Waals surface area (Å²) in [6.45, 7) is 4.53. The summed E-state index contributed by atoms with van der Waals surface area (Å²) in [6, 6.07) is 6.37. The van der Waals surface area contributed by atoms with E-state index >= 15 is 0 Å². The second-order valence-electron chi connectivity index (χ2n) is 12.0. The zero-order chi connectivity index (χ0) is 28.2. The standard InChI is InChI=1S/C32H42FN3O5/c33-24-16-23-20-41-29(21-9-14-39-15-10-21)18-27(23)28(17-24)30(32(37)38)36-12-8-26(19-36)40-13-2-1-5-25-7-6-22-4-3-11-34-31(22)35-25/h6-7,16-17,21,26,29-30H,1-5,8-15,18-20H2,(H,34,35)(H,37,38). The van der Waals surface area contributed by atoms with E-state index in [-0.39, 0.29) is 12.2 Å². The molecular formula is C32H42FN3O5. The highest BCUT2D eigenvalue weighted by molar-refractivity contribution is 5.76. The first-order chi connectivity index (χ1) is 20.0. The number of hydrogen-bond donors (Lipinski definition) is 2. The number of likely N-dealkylation sites (tertiary alicyclic amines) is 1. The van der Waals surface area contributed by atoms with E-state index < -0.39 is 17.8 Å². The number of anilines is 1. The fraction of sp³-hybridized carbons (Fsp3) is 0.625. The fourth-order valence-electron chi connectivity index (χ4n) is 6.96. The van der Waals surface area contributed by atoms with Crippen LogP contribution in [-0.4, -0.2) is 72.6 Å². The maximum absolute atomic E-state index is 14.7. The molecule has 5 heterocycles. The molecule has 2 aromatic rings. The van der Waals surface area contributed by atoms with Crippen molar-refractivity contribution >= 4 is 11.8 Å². The van der Waals surface area contributed by atoms with Gasteiger partial charge in [0.2, 0.25) is 0 Å². The Bertz CT molecular complexity index is 1220. The van der Waals surface area contributed by atoms with Gasteiger partial charge in [-0.25, -0.2) is 9.37 Å². The molecule has 222 valence electrons. The number of benzene rings is 1. The lowest BCUT2D eigenvalue weighted by atomic mass is 9.83. The van der Waals surface area contributed by atoms with Gasteiger partial charge in [0, 0.05) is 45.1 Å². The van der Waals surface area contributed by atoms with Crippen LogP contribution in [0.1, 0.15) is 72.5 Å². The van der Waals surface area contributed by atoms with Crippen molar-refractivity contribution in [1.29, 1.82) is 0 Å². The lowest BCUT2D eigenvalue weighted by molar-refractivity contribution is -0.143. The number of unbranched alkanes of at least 4 members (excludes halogenated alkanes) is 1. The smallest absolute Gasteiger partial charge is 0.325 e. The Morgan fingerprint density at radius 2 is 2.07 bits per heavy atom. The number of nitrogens with one attached hydrogen (secondary N) is 1. The summed E-state index contributed by atoms with van der Waals surface area (Å²) in [6.07, 6.45) is 8.33. The number of fused-ring (bicyclic) bond motifs is 2. The van der Waals surface area contributed by atoms with Crippen molar-refractivity contribution in [3.63, 3.8) is 0 Å². The molecule has 0 spiro atoms. The molecule has 1 aromatic heterocycles. The summed E-state index contributed by atoms with van der Waals surface area (Å²) in [5.41, 5.74) is 4.69. The number of aliphatic carboxylic acids is 1. The molecule has 0 saturated carbocycles. The van der Waals surface area contributed by atoms with Crippen molar-refractivity contribution in [1.82, 2.24) is 9.88 Å². The van der Waals surface area contributed by atoms with Gasteiger partial charge >= 0.3 is 5.97 Å². The molecule has 6 rings (SSSR count). The quantitative estimate of drug-likeness (QED) is 0.400. The molecule has 4 aliphatic heterocycles. The zero-order valence-corrected chi connectivity index (χ0v) is 23.8. The first-order valence-electron chi connectivity index (χ1n) is 15.4. The minimum atomic E-state index is -0.945. The van der Waals surface area contributed by atoms with E-state index in [0.717, 1.165) is 93.8 Å². The average Bonchev–Trinajstić information content (AvgIpc) is 3.45. The van der Waals surface area contributed by atoms with E-state index in [2.05, 4.69) is 17.4 Å². The van der Waals surface area contributed by atoms with Gasteiger partial charge in [-0.2, -0.15) is 0 Å². The number of hydrogen-bond acceptors (Lipinski definition) is 7. The third-order valence-corrected chi connectivity index (χ3v) is 9.19. The fourth-order valence-corrected chi connectivity index (χ4v) is 6.96. The Morgan fingerprint density at radius 3 is 2.93 bits per heavy atom. The van der Waals surface area contributed by atoms with Gasteiger partial charge in [-0.15, -0.1) is 0 Å². The number of halogens is 1. The SMILES string of the molecule is O=C(O)C(c1cc(F)cc2c1CC(C1CCOCC1)OC2)N1CCC(OCCCCc2ccc3c(n2)NCCC3)C1. The van der Waals surface area contributed by atoms with Gasteiger partial charge in [0.1, 0.15) is 17.7 Å². The number of pyridine rings is 1. The highest BCUT2D eigenvalue weighted by atomic mass is 19.1. The van der Waals surface area contributed by atoms with Crippen LogP contribution >= 0.6 is 0 Å². The molecule has 41 heavy (non-hydrogen) atoms. The van der Waals surface area contributed by atoms with Gasteiger partial charge in [-0.1, -0.05) is 6.07 Å². The third-order valence-electron chi connectivity index (χ3n) is 9.19. The van der Waals surface area contributed by atoms with Crippen LogP contribution in [0.15, 0.2) is 24.3 Å².